The molecule has 3 aromatic carbocycles. The summed E-state index contributed by atoms with van der Waals surface area (Å²) in [4.78, 5) is 24.2. The summed E-state index contributed by atoms with van der Waals surface area (Å²) in [5, 5.41) is 5.32. The van der Waals surface area contributed by atoms with Crippen LogP contribution in [0.15, 0.2) is 84.3 Å². The van der Waals surface area contributed by atoms with Gasteiger partial charge in [-0.3, -0.25) is 9.78 Å². The molecule has 0 bridgehead atoms. The summed E-state index contributed by atoms with van der Waals surface area (Å²) < 4.78 is 25.2. The number of fused-ring (bicyclic) bond motifs is 1. The summed E-state index contributed by atoms with van der Waals surface area (Å²) in [7, 11) is -3.69. The van der Waals surface area contributed by atoms with Gasteiger partial charge in [0.15, 0.2) is 0 Å². The number of imidazole rings is 1. The number of benzene rings is 3. The number of nitrogens with zero attached hydrogens (tertiary/aromatic N) is 2. The van der Waals surface area contributed by atoms with Gasteiger partial charge in [-0.2, -0.15) is 0 Å². The Morgan fingerprint density at radius 2 is 1.78 bits per heavy atom. The standard InChI is InChI=1S/C27H20Cl2N4O3S/c1-16-14-31-27(32-16)37(35,36)15-17-6-8-21(24(29)12-17)26(34)33-19-7-9-23(28)22(13-19)25-20-5-3-2-4-18(20)10-11-30-25/h2-14H,15H2,1H3,(H,31,32)(H,33,34). The summed E-state index contributed by atoms with van der Waals surface area (Å²) in [5.41, 5.74) is 3.17. The molecule has 2 aromatic heterocycles. The van der Waals surface area contributed by atoms with Gasteiger partial charge in [-0.15, -0.1) is 0 Å². The molecule has 37 heavy (non-hydrogen) atoms. The van der Waals surface area contributed by atoms with Crippen molar-refractivity contribution in [1.82, 2.24) is 15.0 Å². The number of aromatic amines is 1. The van der Waals surface area contributed by atoms with E-state index in [1.807, 2.05) is 30.3 Å². The molecule has 186 valence electrons. The van der Waals surface area contributed by atoms with Crippen LogP contribution in [-0.4, -0.2) is 29.3 Å². The van der Waals surface area contributed by atoms with Crippen LogP contribution in [0.3, 0.4) is 0 Å². The molecule has 7 nitrogen and oxygen atoms in total. The average Bonchev–Trinajstić information content (AvgIpc) is 3.32. The molecule has 0 radical (unpaired) electrons. The Hall–Kier alpha value is -3.72. The molecule has 5 aromatic rings. The molecule has 0 aliphatic heterocycles. The predicted molar refractivity (Wildman–Crippen MR) is 146 cm³/mol. The Morgan fingerprint density at radius 3 is 2.54 bits per heavy atom. The van der Waals surface area contributed by atoms with Crippen LogP contribution in [0.5, 0.6) is 0 Å². The van der Waals surface area contributed by atoms with E-state index >= 15 is 0 Å². The highest BCUT2D eigenvalue weighted by molar-refractivity contribution is 7.90. The molecule has 0 spiro atoms. The molecule has 5 rings (SSSR count). The fourth-order valence-electron chi connectivity index (χ4n) is 3.98. The van der Waals surface area contributed by atoms with Gasteiger partial charge in [0.2, 0.25) is 15.0 Å². The van der Waals surface area contributed by atoms with Crippen LogP contribution < -0.4 is 5.32 Å². The van der Waals surface area contributed by atoms with Crippen molar-refractivity contribution in [1.29, 1.82) is 0 Å². The number of aryl methyl sites for hydroxylation is 1. The number of hydrogen-bond acceptors (Lipinski definition) is 5. The summed E-state index contributed by atoms with van der Waals surface area (Å²) in [6, 6.07) is 19.4. The smallest absolute Gasteiger partial charge is 0.257 e. The maximum atomic E-state index is 13.0. The molecule has 0 unspecified atom stereocenters. The monoisotopic (exact) mass is 550 g/mol. The van der Waals surface area contributed by atoms with E-state index < -0.39 is 15.7 Å². The predicted octanol–water partition coefficient (Wildman–Crippen LogP) is 6.47. The van der Waals surface area contributed by atoms with Crippen LogP contribution in [-0.2, 0) is 15.6 Å². The normalized spacial score (nSPS) is 11.5. The minimum absolute atomic E-state index is 0.109. The number of nitrogens with one attached hydrogen (secondary N) is 2. The summed E-state index contributed by atoms with van der Waals surface area (Å²) in [6.45, 7) is 1.72. The van der Waals surface area contributed by atoms with E-state index in [0.717, 1.165) is 10.8 Å². The number of anilines is 1. The minimum atomic E-state index is -3.69. The van der Waals surface area contributed by atoms with Crippen molar-refractivity contribution in [2.75, 3.05) is 5.32 Å². The van der Waals surface area contributed by atoms with Crippen molar-refractivity contribution in [2.24, 2.45) is 0 Å². The van der Waals surface area contributed by atoms with Crippen molar-refractivity contribution in [3.05, 3.63) is 106 Å². The van der Waals surface area contributed by atoms with Crippen LogP contribution in [0.1, 0.15) is 21.6 Å². The van der Waals surface area contributed by atoms with E-state index in [1.165, 1.54) is 18.3 Å². The number of halogens is 2. The third-order valence-corrected chi connectivity index (χ3v) is 7.91. The molecule has 2 heterocycles. The van der Waals surface area contributed by atoms with Crippen LogP contribution in [0.25, 0.3) is 22.0 Å². The molecular weight excluding hydrogens is 531 g/mol. The van der Waals surface area contributed by atoms with Gasteiger partial charge in [-0.1, -0.05) is 53.5 Å². The second kappa shape index (κ2) is 9.97. The Balaban J connectivity index is 1.38. The second-order valence-corrected chi connectivity index (χ2v) is 11.2. The van der Waals surface area contributed by atoms with E-state index in [-0.39, 0.29) is 21.5 Å². The lowest BCUT2D eigenvalue weighted by atomic mass is 10.0. The van der Waals surface area contributed by atoms with Crippen LogP contribution in [0.2, 0.25) is 10.0 Å². The number of sulfone groups is 1. The quantitative estimate of drug-likeness (QED) is 0.252. The van der Waals surface area contributed by atoms with Crippen LogP contribution in [0, 0.1) is 6.92 Å². The molecule has 10 heteroatoms. The molecular formula is C27H20Cl2N4O3S. The molecule has 0 aliphatic carbocycles. The van der Waals surface area contributed by atoms with Crippen LogP contribution in [0.4, 0.5) is 5.69 Å². The summed E-state index contributed by atoms with van der Waals surface area (Å²) >= 11 is 12.9. The molecule has 0 aliphatic rings. The van der Waals surface area contributed by atoms with Gasteiger partial charge >= 0.3 is 0 Å². The first kappa shape index (κ1) is 25.0. The Labute approximate surface area is 223 Å². The summed E-state index contributed by atoms with van der Waals surface area (Å²) in [6.07, 6.45) is 3.17. The highest BCUT2D eigenvalue weighted by Crippen LogP contribution is 2.34. The number of amides is 1. The molecule has 1 amide bonds. The number of hydrogen-bond donors (Lipinski definition) is 2. The van der Waals surface area contributed by atoms with Gasteiger partial charge in [0, 0.05) is 34.7 Å². The van der Waals surface area contributed by atoms with E-state index in [0.29, 0.717) is 33.2 Å². The molecule has 0 saturated heterocycles. The lowest BCUT2D eigenvalue weighted by Crippen LogP contribution is -2.13. The summed E-state index contributed by atoms with van der Waals surface area (Å²) in [5.74, 6) is -0.750. The Bertz CT molecular complexity index is 1760. The number of pyridine rings is 1. The van der Waals surface area contributed by atoms with Crippen molar-refractivity contribution < 1.29 is 13.2 Å². The van der Waals surface area contributed by atoms with Crippen molar-refractivity contribution in [2.45, 2.75) is 17.8 Å². The Morgan fingerprint density at radius 1 is 0.973 bits per heavy atom. The van der Waals surface area contributed by atoms with E-state index in [9.17, 15) is 13.2 Å². The highest BCUT2D eigenvalue weighted by Gasteiger charge is 2.20. The lowest BCUT2D eigenvalue weighted by molar-refractivity contribution is 0.102. The second-order valence-electron chi connectivity index (χ2n) is 8.47. The molecule has 0 fully saturated rings. The van der Waals surface area contributed by atoms with E-state index in [1.54, 1.807) is 37.4 Å². The SMILES string of the molecule is Cc1cnc(S(=O)(=O)Cc2ccc(C(=O)Nc3ccc(Cl)c(-c4nccc5ccccc45)c3)c(Cl)c2)[nH]1. The van der Waals surface area contributed by atoms with E-state index in [2.05, 4.69) is 20.3 Å². The molecule has 0 saturated carbocycles. The zero-order chi connectivity index (χ0) is 26.2. The van der Waals surface area contributed by atoms with Gasteiger partial charge < -0.3 is 10.3 Å². The first-order chi connectivity index (χ1) is 17.7. The average molecular weight is 551 g/mol. The minimum Gasteiger partial charge on any atom is -0.333 e. The number of aromatic nitrogens is 3. The fourth-order valence-corrected chi connectivity index (χ4v) is 5.77. The van der Waals surface area contributed by atoms with Gasteiger partial charge in [0.25, 0.3) is 5.91 Å². The number of rotatable bonds is 6. The topological polar surface area (TPSA) is 105 Å². The van der Waals surface area contributed by atoms with Gasteiger partial charge in [-0.25, -0.2) is 13.4 Å². The Kier molecular flexibility index (Phi) is 6.72. The fraction of sp³-hybridized carbons (Fsp3) is 0.0741. The van der Waals surface area contributed by atoms with E-state index in [4.69, 9.17) is 23.2 Å². The largest absolute Gasteiger partial charge is 0.333 e. The van der Waals surface area contributed by atoms with Crippen molar-refractivity contribution in [3.8, 4) is 11.3 Å². The van der Waals surface area contributed by atoms with Gasteiger partial charge in [0.05, 0.1) is 27.1 Å². The number of carbonyl (C=O) groups excluding carboxylic acids is 1. The lowest BCUT2D eigenvalue weighted by Gasteiger charge is -2.12. The molecule has 2 N–H and O–H groups in total. The van der Waals surface area contributed by atoms with Gasteiger partial charge in [-0.05, 0) is 54.3 Å². The maximum Gasteiger partial charge on any atom is 0.257 e. The zero-order valence-corrected chi connectivity index (χ0v) is 21.8. The number of carbonyl (C=O) groups is 1. The van der Waals surface area contributed by atoms with Gasteiger partial charge in [0.1, 0.15) is 0 Å². The van der Waals surface area contributed by atoms with Crippen LogP contribution >= 0.6 is 23.2 Å². The molecule has 0 atom stereocenters. The van der Waals surface area contributed by atoms with Crippen molar-refractivity contribution >= 4 is 55.4 Å². The first-order valence-electron chi connectivity index (χ1n) is 11.2. The maximum absolute atomic E-state index is 13.0. The third kappa shape index (κ3) is 5.22. The highest BCUT2D eigenvalue weighted by atomic mass is 35.5. The third-order valence-electron chi connectivity index (χ3n) is 5.76. The number of H-pyrrole nitrogens is 1. The zero-order valence-electron chi connectivity index (χ0n) is 19.5. The van der Waals surface area contributed by atoms with Crippen molar-refractivity contribution in [3.63, 3.8) is 0 Å². The first-order valence-corrected chi connectivity index (χ1v) is 13.6.